The number of aryl methyl sites for hydroxylation is 1. The number of nitrogens with zero attached hydrogens (tertiary/aromatic N) is 2. The van der Waals surface area contributed by atoms with E-state index in [4.69, 9.17) is 16.3 Å². The van der Waals surface area contributed by atoms with Gasteiger partial charge >= 0.3 is 0 Å². The Balaban J connectivity index is 1.52. The zero-order valence-corrected chi connectivity index (χ0v) is 14.6. The molecular weight excluding hydrogens is 357 g/mol. The number of aromatic nitrogens is 2. The fraction of sp³-hybridized carbons (Fsp3) is 0.158. The molecule has 5 nitrogen and oxygen atoms in total. The van der Waals surface area contributed by atoms with Crippen LogP contribution in [0.3, 0.4) is 0 Å². The molecule has 7 heteroatoms. The van der Waals surface area contributed by atoms with Gasteiger partial charge in [-0.15, -0.1) is 5.10 Å². The summed E-state index contributed by atoms with van der Waals surface area (Å²) in [4.78, 5) is 12.5. The molecule has 4 rings (SSSR count). The Morgan fingerprint density at radius 2 is 2.15 bits per heavy atom. The average molecular weight is 372 g/mol. The second-order valence-corrected chi connectivity index (χ2v) is 6.52. The first-order valence-electron chi connectivity index (χ1n) is 8.08. The topological polar surface area (TPSA) is 56.2 Å². The number of hydrogen-bond donors (Lipinski definition) is 1. The molecule has 0 spiro atoms. The zero-order chi connectivity index (χ0) is 18.3. The fourth-order valence-corrected chi connectivity index (χ4v) is 3.13. The lowest BCUT2D eigenvalue weighted by atomic mass is 10.1. The number of benzene rings is 2. The maximum absolute atomic E-state index is 13.3. The standard InChI is InChI=1S/C19H15ClFN3O2/c1-11-10-24(15-5-3-2-4-14(15)20)23-18(11)22-19(25)17-9-12-8-13(21)6-7-16(12)26-17/h2-8,10,17H,9H2,1H3,(H,22,23,25)/t17-/m1/s1. The molecule has 2 aromatic carbocycles. The molecule has 1 aliphatic rings. The summed E-state index contributed by atoms with van der Waals surface area (Å²) in [6.07, 6.45) is 1.40. The lowest BCUT2D eigenvalue weighted by molar-refractivity contribution is -0.122. The molecule has 132 valence electrons. The number of ether oxygens (including phenoxy) is 1. The Hall–Kier alpha value is -2.86. The molecule has 0 radical (unpaired) electrons. The molecule has 0 saturated heterocycles. The van der Waals surface area contributed by atoms with E-state index in [9.17, 15) is 9.18 Å². The summed E-state index contributed by atoms with van der Waals surface area (Å²) in [5.41, 5.74) is 2.20. The Morgan fingerprint density at radius 1 is 1.35 bits per heavy atom. The molecule has 1 atom stereocenters. The second-order valence-electron chi connectivity index (χ2n) is 6.11. The van der Waals surface area contributed by atoms with Crippen molar-refractivity contribution in [1.29, 1.82) is 0 Å². The maximum atomic E-state index is 13.3. The average Bonchev–Trinajstić information content (AvgIpc) is 3.19. The highest BCUT2D eigenvalue weighted by molar-refractivity contribution is 6.32. The first kappa shape index (κ1) is 16.6. The number of para-hydroxylation sites is 1. The minimum atomic E-state index is -0.711. The van der Waals surface area contributed by atoms with E-state index in [2.05, 4.69) is 10.4 Å². The van der Waals surface area contributed by atoms with Gasteiger partial charge in [-0.3, -0.25) is 4.79 Å². The van der Waals surface area contributed by atoms with E-state index in [1.165, 1.54) is 18.2 Å². The third kappa shape index (κ3) is 3.04. The van der Waals surface area contributed by atoms with Crippen molar-refractivity contribution in [2.24, 2.45) is 0 Å². The van der Waals surface area contributed by atoms with Crippen LogP contribution >= 0.6 is 11.6 Å². The first-order valence-corrected chi connectivity index (χ1v) is 8.46. The van der Waals surface area contributed by atoms with Gasteiger partial charge in [0, 0.05) is 23.7 Å². The third-order valence-corrected chi connectivity index (χ3v) is 4.55. The van der Waals surface area contributed by atoms with Gasteiger partial charge in [0.25, 0.3) is 5.91 Å². The number of anilines is 1. The van der Waals surface area contributed by atoms with Crippen molar-refractivity contribution in [3.63, 3.8) is 0 Å². The summed E-state index contributed by atoms with van der Waals surface area (Å²) in [5.74, 6) is 0.294. The van der Waals surface area contributed by atoms with Crippen LogP contribution in [0.5, 0.6) is 5.75 Å². The summed E-state index contributed by atoms with van der Waals surface area (Å²) >= 11 is 6.20. The summed E-state index contributed by atoms with van der Waals surface area (Å²) in [6, 6.07) is 11.5. The number of fused-ring (bicyclic) bond motifs is 1. The number of rotatable bonds is 3. The van der Waals surface area contributed by atoms with Crippen molar-refractivity contribution in [1.82, 2.24) is 9.78 Å². The van der Waals surface area contributed by atoms with Crippen LogP contribution in [-0.2, 0) is 11.2 Å². The summed E-state index contributed by atoms with van der Waals surface area (Å²) in [6.45, 7) is 1.84. The molecule has 3 aromatic rings. The van der Waals surface area contributed by atoms with Gasteiger partial charge in [-0.2, -0.15) is 0 Å². The molecule has 1 amide bonds. The Labute approximate surface area is 154 Å². The second kappa shape index (κ2) is 6.46. The van der Waals surface area contributed by atoms with Crippen LogP contribution in [-0.4, -0.2) is 21.8 Å². The van der Waals surface area contributed by atoms with E-state index in [0.29, 0.717) is 28.6 Å². The predicted octanol–water partition coefficient (Wildman–Crippen LogP) is 3.92. The van der Waals surface area contributed by atoms with Gasteiger partial charge < -0.3 is 10.1 Å². The summed E-state index contributed by atoms with van der Waals surface area (Å²) < 4.78 is 20.5. The van der Waals surface area contributed by atoms with E-state index < -0.39 is 6.10 Å². The van der Waals surface area contributed by atoms with Crippen LogP contribution in [0.2, 0.25) is 5.02 Å². The van der Waals surface area contributed by atoms with Crippen molar-refractivity contribution in [2.75, 3.05) is 5.32 Å². The van der Waals surface area contributed by atoms with Crippen LogP contribution in [0, 0.1) is 12.7 Å². The van der Waals surface area contributed by atoms with E-state index in [0.717, 1.165) is 11.3 Å². The lowest BCUT2D eigenvalue weighted by Crippen LogP contribution is -2.31. The summed E-state index contributed by atoms with van der Waals surface area (Å²) in [5, 5.41) is 7.74. The van der Waals surface area contributed by atoms with Crippen molar-refractivity contribution in [3.05, 3.63) is 70.6 Å². The highest BCUT2D eigenvalue weighted by Crippen LogP contribution is 2.30. The van der Waals surface area contributed by atoms with E-state index in [1.807, 2.05) is 25.1 Å². The molecule has 1 aromatic heterocycles. The van der Waals surface area contributed by atoms with Crippen LogP contribution in [0.1, 0.15) is 11.1 Å². The number of hydrogen-bond acceptors (Lipinski definition) is 3. The Bertz CT molecular complexity index is 1000. The first-order chi connectivity index (χ1) is 12.5. The van der Waals surface area contributed by atoms with Gasteiger partial charge in [0.1, 0.15) is 11.6 Å². The molecule has 1 aliphatic heterocycles. The third-order valence-electron chi connectivity index (χ3n) is 4.23. The van der Waals surface area contributed by atoms with Crippen LogP contribution in [0.25, 0.3) is 5.69 Å². The van der Waals surface area contributed by atoms with Gasteiger partial charge in [-0.05, 0) is 37.3 Å². The Kier molecular flexibility index (Phi) is 4.12. The quantitative estimate of drug-likeness (QED) is 0.759. The highest BCUT2D eigenvalue weighted by atomic mass is 35.5. The molecule has 26 heavy (non-hydrogen) atoms. The van der Waals surface area contributed by atoms with Gasteiger partial charge in [0.2, 0.25) is 0 Å². The zero-order valence-electron chi connectivity index (χ0n) is 13.9. The maximum Gasteiger partial charge on any atom is 0.267 e. The van der Waals surface area contributed by atoms with Crippen LogP contribution in [0.15, 0.2) is 48.7 Å². The smallest absolute Gasteiger partial charge is 0.267 e. The molecule has 0 bridgehead atoms. The van der Waals surface area contributed by atoms with Gasteiger partial charge in [-0.25, -0.2) is 9.07 Å². The molecule has 0 fully saturated rings. The predicted molar refractivity (Wildman–Crippen MR) is 96.5 cm³/mol. The number of halogens is 2. The number of nitrogens with one attached hydrogen (secondary N) is 1. The van der Waals surface area contributed by atoms with Gasteiger partial charge in [0.05, 0.1) is 10.7 Å². The molecular formula is C19H15ClFN3O2. The Morgan fingerprint density at radius 3 is 2.96 bits per heavy atom. The van der Waals surface area contributed by atoms with Gasteiger partial charge in [0.15, 0.2) is 11.9 Å². The summed E-state index contributed by atoms with van der Waals surface area (Å²) in [7, 11) is 0. The minimum Gasteiger partial charge on any atom is -0.480 e. The van der Waals surface area contributed by atoms with Crippen molar-refractivity contribution >= 4 is 23.3 Å². The molecule has 0 saturated carbocycles. The fourth-order valence-electron chi connectivity index (χ4n) is 2.91. The molecule has 0 aliphatic carbocycles. The largest absolute Gasteiger partial charge is 0.480 e. The normalized spacial score (nSPS) is 15.4. The van der Waals surface area contributed by atoms with E-state index >= 15 is 0 Å². The highest BCUT2D eigenvalue weighted by Gasteiger charge is 2.30. The van der Waals surface area contributed by atoms with Crippen molar-refractivity contribution in [2.45, 2.75) is 19.4 Å². The molecule has 1 N–H and O–H groups in total. The molecule has 2 heterocycles. The van der Waals surface area contributed by atoms with Crippen LogP contribution in [0.4, 0.5) is 10.2 Å². The number of carbonyl (C=O) groups excluding carboxylic acids is 1. The SMILES string of the molecule is Cc1cn(-c2ccccc2Cl)nc1NC(=O)[C@H]1Cc2cc(F)ccc2O1. The van der Waals surface area contributed by atoms with Gasteiger partial charge in [-0.1, -0.05) is 23.7 Å². The monoisotopic (exact) mass is 371 g/mol. The lowest BCUT2D eigenvalue weighted by Gasteiger charge is -2.10. The molecule has 0 unspecified atom stereocenters. The number of carbonyl (C=O) groups is 1. The minimum absolute atomic E-state index is 0.323. The van der Waals surface area contributed by atoms with Crippen molar-refractivity contribution < 1.29 is 13.9 Å². The number of amides is 1. The van der Waals surface area contributed by atoms with E-state index in [1.54, 1.807) is 16.9 Å². The van der Waals surface area contributed by atoms with Crippen molar-refractivity contribution in [3.8, 4) is 11.4 Å². The van der Waals surface area contributed by atoms with Crippen LogP contribution < -0.4 is 10.1 Å². The van der Waals surface area contributed by atoms with E-state index in [-0.39, 0.29) is 11.7 Å².